The highest BCUT2D eigenvalue weighted by molar-refractivity contribution is 7.80. The van der Waals surface area contributed by atoms with Gasteiger partial charge in [0.15, 0.2) is 5.11 Å². The Morgan fingerprint density at radius 1 is 1.44 bits per heavy atom. The zero-order valence-corrected chi connectivity index (χ0v) is 13.1. The van der Waals surface area contributed by atoms with Crippen molar-refractivity contribution >= 4 is 40.5 Å². The Hall–Kier alpha value is -0.520. The standard InChI is InChI=1S/C11H18Cl2N4S/c1-7(2)15-11(18)14-5-4-6-17-10(13)9(12)8(3)16-17/h7H,4-6H2,1-3H3,(H2,14,15,18). The van der Waals surface area contributed by atoms with Gasteiger partial charge in [0.2, 0.25) is 0 Å². The van der Waals surface area contributed by atoms with Crippen molar-refractivity contribution in [3.8, 4) is 0 Å². The summed E-state index contributed by atoms with van der Waals surface area (Å²) in [5.41, 5.74) is 0.756. The molecule has 1 heterocycles. The van der Waals surface area contributed by atoms with Gasteiger partial charge in [0, 0.05) is 19.1 Å². The van der Waals surface area contributed by atoms with Gasteiger partial charge in [0.05, 0.1) is 5.69 Å². The smallest absolute Gasteiger partial charge is 0.166 e. The molecule has 1 aromatic heterocycles. The minimum absolute atomic E-state index is 0.340. The summed E-state index contributed by atoms with van der Waals surface area (Å²) >= 11 is 17.1. The van der Waals surface area contributed by atoms with Crippen molar-refractivity contribution in [1.29, 1.82) is 0 Å². The molecule has 1 aromatic rings. The Labute approximate surface area is 123 Å². The van der Waals surface area contributed by atoms with E-state index in [2.05, 4.69) is 15.7 Å². The summed E-state index contributed by atoms with van der Waals surface area (Å²) in [6.45, 7) is 7.41. The number of hydrogen-bond donors (Lipinski definition) is 2. The molecule has 2 N–H and O–H groups in total. The van der Waals surface area contributed by atoms with Crippen molar-refractivity contribution in [2.75, 3.05) is 6.54 Å². The molecule has 0 aliphatic heterocycles. The maximum atomic E-state index is 6.03. The maximum Gasteiger partial charge on any atom is 0.166 e. The van der Waals surface area contributed by atoms with Crippen molar-refractivity contribution in [3.05, 3.63) is 15.9 Å². The SMILES string of the molecule is Cc1nn(CCCNC(=S)NC(C)C)c(Cl)c1Cl. The van der Waals surface area contributed by atoms with Crippen LogP contribution >= 0.6 is 35.4 Å². The maximum absolute atomic E-state index is 6.03. The van der Waals surface area contributed by atoms with Crippen LogP contribution in [0.5, 0.6) is 0 Å². The van der Waals surface area contributed by atoms with Crippen molar-refractivity contribution in [3.63, 3.8) is 0 Å². The molecular weight excluding hydrogens is 291 g/mol. The van der Waals surface area contributed by atoms with Crippen LogP contribution in [0.1, 0.15) is 26.0 Å². The van der Waals surface area contributed by atoms with E-state index in [1.165, 1.54) is 0 Å². The molecule has 0 unspecified atom stereocenters. The zero-order chi connectivity index (χ0) is 13.7. The number of nitrogens with one attached hydrogen (secondary N) is 2. The molecule has 0 aliphatic carbocycles. The van der Waals surface area contributed by atoms with Crippen LogP contribution in [0.3, 0.4) is 0 Å². The third-order valence-electron chi connectivity index (χ3n) is 2.25. The van der Waals surface area contributed by atoms with Crippen molar-refractivity contribution in [2.24, 2.45) is 0 Å². The molecule has 7 heteroatoms. The second-order valence-corrected chi connectivity index (χ2v) is 5.47. The van der Waals surface area contributed by atoms with Gasteiger partial charge in [0.25, 0.3) is 0 Å². The fourth-order valence-electron chi connectivity index (χ4n) is 1.42. The van der Waals surface area contributed by atoms with E-state index in [0.29, 0.717) is 27.9 Å². The lowest BCUT2D eigenvalue weighted by Crippen LogP contribution is -2.39. The van der Waals surface area contributed by atoms with Gasteiger partial charge in [-0.05, 0) is 39.4 Å². The molecular formula is C11H18Cl2N4S. The second-order valence-electron chi connectivity index (χ2n) is 4.32. The molecule has 0 bridgehead atoms. The Balaban J connectivity index is 2.30. The summed E-state index contributed by atoms with van der Waals surface area (Å²) in [5.74, 6) is 0. The van der Waals surface area contributed by atoms with E-state index in [-0.39, 0.29) is 0 Å². The summed E-state index contributed by atoms with van der Waals surface area (Å²) in [4.78, 5) is 0. The molecule has 0 fully saturated rings. The lowest BCUT2D eigenvalue weighted by atomic mass is 10.4. The van der Waals surface area contributed by atoms with Gasteiger partial charge in [-0.1, -0.05) is 23.2 Å². The third kappa shape index (κ3) is 4.63. The van der Waals surface area contributed by atoms with Gasteiger partial charge in [-0.3, -0.25) is 4.68 Å². The Bertz CT molecular complexity index is 417. The van der Waals surface area contributed by atoms with Gasteiger partial charge in [0.1, 0.15) is 10.2 Å². The average Bonchev–Trinajstić information content (AvgIpc) is 2.51. The van der Waals surface area contributed by atoms with Crippen molar-refractivity contribution in [1.82, 2.24) is 20.4 Å². The van der Waals surface area contributed by atoms with Gasteiger partial charge >= 0.3 is 0 Å². The third-order valence-corrected chi connectivity index (χ3v) is 3.44. The number of aromatic nitrogens is 2. The molecule has 0 atom stereocenters. The van der Waals surface area contributed by atoms with Crippen LogP contribution in [0.2, 0.25) is 10.2 Å². The molecule has 0 saturated carbocycles. The topological polar surface area (TPSA) is 41.9 Å². The largest absolute Gasteiger partial charge is 0.363 e. The van der Waals surface area contributed by atoms with Crippen LogP contribution in [0, 0.1) is 6.92 Å². The summed E-state index contributed by atoms with van der Waals surface area (Å²) < 4.78 is 1.71. The number of rotatable bonds is 5. The Kier molecular flexibility index (Phi) is 6.18. The minimum Gasteiger partial charge on any atom is -0.363 e. The van der Waals surface area contributed by atoms with E-state index in [4.69, 9.17) is 35.4 Å². The van der Waals surface area contributed by atoms with Crippen LogP contribution in [-0.2, 0) is 6.54 Å². The summed E-state index contributed by atoms with van der Waals surface area (Å²) in [5, 5.41) is 12.2. The van der Waals surface area contributed by atoms with E-state index in [1.807, 2.05) is 20.8 Å². The highest BCUT2D eigenvalue weighted by Crippen LogP contribution is 2.24. The lowest BCUT2D eigenvalue weighted by Gasteiger charge is -2.12. The van der Waals surface area contributed by atoms with Crippen LogP contribution in [0.15, 0.2) is 0 Å². The van der Waals surface area contributed by atoms with Crippen molar-refractivity contribution in [2.45, 2.75) is 39.8 Å². The lowest BCUT2D eigenvalue weighted by molar-refractivity contribution is 0.567. The molecule has 18 heavy (non-hydrogen) atoms. The predicted octanol–water partition coefficient (Wildman–Crippen LogP) is 2.76. The van der Waals surface area contributed by atoms with Gasteiger partial charge < -0.3 is 10.6 Å². The Morgan fingerprint density at radius 3 is 2.61 bits per heavy atom. The normalized spacial score (nSPS) is 10.8. The number of nitrogens with zero attached hydrogens (tertiary/aromatic N) is 2. The monoisotopic (exact) mass is 308 g/mol. The molecule has 0 aromatic carbocycles. The molecule has 0 radical (unpaired) electrons. The summed E-state index contributed by atoms with van der Waals surface area (Å²) in [7, 11) is 0. The molecule has 1 rings (SSSR count). The van der Waals surface area contributed by atoms with Gasteiger partial charge in [-0.25, -0.2) is 0 Å². The molecule has 0 spiro atoms. The van der Waals surface area contributed by atoms with Crippen LogP contribution < -0.4 is 10.6 Å². The second kappa shape index (κ2) is 7.16. The van der Waals surface area contributed by atoms with Gasteiger partial charge in [-0.15, -0.1) is 0 Å². The highest BCUT2D eigenvalue weighted by Gasteiger charge is 2.10. The highest BCUT2D eigenvalue weighted by atomic mass is 35.5. The van der Waals surface area contributed by atoms with E-state index in [9.17, 15) is 0 Å². The summed E-state index contributed by atoms with van der Waals surface area (Å²) in [6.07, 6.45) is 0.872. The minimum atomic E-state index is 0.340. The molecule has 102 valence electrons. The van der Waals surface area contributed by atoms with Crippen LogP contribution in [0.25, 0.3) is 0 Å². The number of aryl methyl sites for hydroxylation is 2. The quantitative estimate of drug-likeness (QED) is 0.648. The molecule has 0 aliphatic rings. The number of hydrogen-bond acceptors (Lipinski definition) is 2. The first-order valence-electron chi connectivity index (χ1n) is 5.84. The predicted molar refractivity (Wildman–Crippen MR) is 80.5 cm³/mol. The van der Waals surface area contributed by atoms with E-state index in [0.717, 1.165) is 18.7 Å². The van der Waals surface area contributed by atoms with Crippen molar-refractivity contribution < 1.29 is 0 Å². The molecule has 0 saturated heterocycles. The first kappa shape index (κ1) is 15.5. The van der Waals surface area contributed by atoms with E-state index >= 15 is 0 Å². The first-order valence-corrected chi connectivity index (χ1v) is 7.01. The molecule has 0 amide bonds. The number of thiocarbonyl (C=S) groups is 1. The fourth-order valence-corrected chi connectivity index (χ4v) is 2.16. The van der Waals surface area contributed by atoms with E-state index < -0.39 is 0 Å². The Morgan fingerprint density at radius 2 is 2.11 bits per heavy atom. The number of halogens is 2. The van der Waals surface area contributed by atoms with Crippen LogP contribution in [0.4, 0.5) is 0 Å². The fraction of sp³-hybridized carbons (Fsp3) is 0.636. The van der Waals surface area contributed by atoms with Gasteiger partial charge in [-0.2, -0.15) is 5.10 Å². The molecule has 4 nitrogen and oxygen atoms in total. The first-order chi connectivity index (χ1) is 8.41. The van der Waals surface area contributed by atoms with E-state index in [1.54, 1.807) is 4.68 Å². The summed E-state index contributed by atoms with van der Waals surface area (Å²) in [6, 6.07) is 0.340. The van der Waals surface area contributed by atoms with Crippen LogP contribution in [-0.4, -0.2) is 27.5 Å². The average molecular weight is 309 g/mol. The zero-order valence-electron chi connectivity index (χ0n) is 10.8.